The number of hydrogen-bond donors (Lipinski definition) is 0. The van der Waals surface area contributed by atoms with Crippen LogP contribution < -0.4 is 10.6 Å². The van der Waals surface area contributed by atoms with Gasteiger partial charge in [0.2, 0.25) is 0 Å². The Morgan fingerprint density at radius 2 is 1.89 bits per heavy atom. The minimum atomic E-state index is -0.387. The molecule has 8 heteroatoms. The van der Waals surface area contributed by atoms with Crippen molar-refractivity contribution < 1.29 is 0 Å². The molecule has 0 N–H and O–H groups in total. The molecule has 0 saturated carbocycles. The van der Waals surface area contributed by atoms with Gasteiger partial charge in [-0.3, -0.25) is 0 Å². The number of benzene rings is 2. The molecular weight excluding hydrogens is 354 g/mol. The third-order valence-corrected chi connectivity index (χ3v) is 5.58. The van der Waals surface area contributed by atoms with Crippen LogP contribution in [-0.4, -0.2) is 39.6 Å². The van der Waals surface area contributed by atoms with Crippen LogP contribution in [-0.2, 0) is 11.7 Å². The summed E-state index contributed by atoms with van der Waals surface area (Å²) >= 11 is 6.63. The third kappa shape index (κ3) is 2.98. The molecule has 0 atom stereocenters. The molecule has 1 aromatic heterocycles. The molecule has 4 rings (SSSR count). The SMILES string of the molecule is BC(B)(B)n1c(=O)nc(N2CCCc3c(C)cccc32)c2c(Cl)cccc21. The molecule has 0 bridgehead atoms. The van der Waals surface area contributed by atoms with Gasteiger partial charge < -0.3 is 9.47 Å². The minimum Gasteiger partial charge on any atom is -0.325 e. The Hall–Kier alpha value is -2.14. The maximum Gasteiger partial charge on any atom is 0.348 e. The van der Waals surface area contributed by atoms with Gasteiger partial charge in [-0.2, -0.15) is 4.98 Å². The monoisotopic (exact) mass is 375 g/mol. The molecule has 4 nitrogen and oxygen atoms in total. The van der Waals surface area contributed by atoms with Gasteiger partial charge in [-0.15, -0.1) is 0 Å². The van der Waals surface area contributed by atoms with Crippen LogP contribution in [0.25, 0.3) is 10.9 Å². The Morgan fingerprint density at radius 3 is 2.63 bits per heavy atom. The molecule has 0 amide bonds. The van der Waals surface area contributed by atoms with Crippen LogP contribution in [0.1, 0.15) is 17.5 Å². The molecular formula is C19H21B3ClN3O. The van der Waals surface area contributed by atoms with Crippen molar-refractivity contribution >= 4 is 57.5 Å². The van der Waals surface area contributed by atoms with Gasteiger partial charge in [-0.25, -0.2) is 4.79 Å². The van der Waals surface area contributed by atoms with Gasteiger partial charge in [0.05, 0.1) is 15.9 Å². The summed E-state index contributed by atoms with van der Waals surface area (Å²) < 4.78 is 1.73. The van der Waals surface area contributed by atoms with Gasteiger partial charge in [-0.1, -0.05) is 29.8 Å². The highest BCUT2D eigenvalue weighted by molar-refractivity contribution is 6.56. The van der Waals surface area contributed by atoms with Gasteiger partial charge in [0.1, 0.15) is 29.4 Å². The van der Waals surface area contributed by atoms with Crippen molar-refractivity contribution in [1.82, 2.24) is 9.55 Å². The highest BCUT2D eigenvalue weighted by Crippen LogP contribution is 2.39. The van der Waals surface area contributed by atoms with Gasteiger partial charge in [-0.05, 0) is 54.3 Å². The molecule has 0 radical (unpaired) electrons. The smallest absolute Gasteiger partial charge is 0.325 e. The standard InChI is InChI=1S/C19H21B3ClN3O/c1-11-5-2-8-14-12(11)6-4-10-25(14)17-16-13(23)7-3-9-15(16)26(18(27)24-17)19(20,21)22/h2-3,5,7-9H,4,6,10,20-22H2,1H3. The van der Waals surface area contributed by atoms with E-state index in [1.54, 1.807) is 4.57 Å². The summed E-state index contributed by atoms with van der Waals surface area (Å²) in [6.07, 6.45) is 2.07. The molecule has 1 aliphatic heterocycles. The molecule has 2 aromatic carbocycles. The number of hydrogen-bond acceptors (Lipinski definition) is 3. The highest BCUT2D eigenvalue weighted by atomic mass is 35.5. The highest BCUT2D eigenvalue weighted by Gasteiger charge is 2.27. The van der Waals surface area contributed by atoms with Crippen molar-refractivity contribution in [2.45, 2.75) is 25.0 Å². The maximum absolute atomic E-state index is 13.0. The summed E-state index contributed by atoms with van der Waals surface area (Å²) in [5, 5.41) is 1.07. The van der Waals surface area contributed by atoms with Crippen LogP contribution in [0.15, 0.2) is 41.2 Å². The summed E-state index contributed by atoms with van der Waals surface area (Å²) in [7, 11) is 6.03. The molecule has 0 fully saturated rings. The fourth-order valence-corrected chi connectivity index (χ4v) is 4.34. The van der Waals surface area contributed by atoms with Crippen molar-refractivity contribution in [3.63, 3.8) is 0 Å². The Morgan fingerprint density at radius 1 is 1.15 bits per heavy atom. The Balaban J connectivity index is 2.06. The zero-order valence-corrected chi connectivity index (χ0v) is 17.0. The lowest BCUT2D eigenvalue weighted by Crippen LogP contribution is -2.44. The van der Waals surface area contributed by atoms with Crippen molar-refractivity contribution in [1.29, 1.82) is 0 Å². The van der Waals surface area contributed by atoms with E-state index in [0.29, 0.717) is 10.8 Å². The first kappa shape index (κ1) is 18.2. The van der Waals surface area contributed by atoms with Crippen LogP contribution in [0.3, 0.4) is 0 Å². The van der Waals surface area contributed by atoms with Gasteiger partial charge in [0, 0.05) is 12.2 Å². The molecule has 134 valence electrons. The van der Waals surface area contributed by atoms with E-state index >= 15 is 0 Å². The fraction of sp³-hybridized carbons (Fsp3) is 0.263. The normalized spacial score (nSPS) is 14.4. The van der Waals surface area contributed by atoms with Crippen molar-refractivity contribution in [3.8, 4) is 0 Å². The summed E-state index contributed by atoms with van der Waals surface area (Å²) in [5.74, 6) is 0.660. The molecule has 0 spiro atoms. The lowest BCUT2D eigenvalue weighted by molar-refractivity contribution is 0.726. The zero-order valence-electron chi connectivity index (χ0n) is 16.2. The van der Waals surface area contributed by atoms with Crippen LogP contribution in [0.2, 0.25) is 5.02 Å². The van der Waals surface area contributed by atoms with E-state index in [1.807, 2.05) is 41.7 Å². The zero-order chi connectivity index (χ0) is 19.3. The molecule has 0 unspecified atom stereocenters. The number of fused-ring (bicyclic) bond motifs is 2. The van der Waals surface area contributed by atoms with E-state index < -0.39 is 0 Å². The molecule has 1 aliphatic rings. The average molecular weight is 375 g/mol. The Kier molecular flexibility index (Phi) is 4.38. The molecule has 0 aliphatic carbocycles. The van der Waals surface area contributed by atoms with Crippen molar-refractivity contribution in [2.75, 3.05) is 11.4 Å². The lowest BCUT2D eigenvalue weighted by atomic mass is 9.49. The summed E-state index contributed by atoms with van der Waals surface area (Å²) in [6, 6.07) is 12.0. The number of aromatic nitrogens is 2. The minimum absolute atomic E-state index is 0.243. The van der Waals surface area contributed by atoms with Gasteiger partial charge in [0.25, 0.3) is 0 Å². The first-order chi connectivity index (χ1) is 12.8. The number of aryl methyl sites for hydroxylation is 1. The van der Waals surface area contributed by atoms with E-state index in [9.17, 15) is 4.79 Å². The number of halogens is 1. The molecule has 0 saturated heterocycles. The van der Waals surface area contributed by atoms with E-state index in [0.717, 1.165) is 36.0 Å². The van der Waals surface area contributed by atoms with Gasteiger partial charge >= 0.3 is 5.69 Å². The second kappa shape index (κ2) is 6.48. The van der Waals surface area contributed by atoms with E-state index in [1.165, 1.54) is 11.1 Å². The van der Waals surface area contributed by atoms with E-state index in [-0.39, 0.29) is 10.9 Å². The van der Waals surface area contributed by atoms with Crippen molar-refractivity contribution in [3.05, 3.63) is 63.0 Å². The Labute approximate surface area is 166 Å². The third-order valence-electron chi connectivity index (χ3n) is 5.26. The first-order valence-electron chi connectivity index (χ1n) is 9.37. The predicted octanol–water partition coefficient (Wildman–Crippen LogP) is 0.910. The maximum atomic E-state index is 13.0. The average Bonchev–Trinajstić information content (AvgIpc) is 2.60. The second-order valence-electron chi connectivity index (χ2n) is 8.19. The van der Waals surface area contributed by atoms with Crippen LogP contribution in [0, 0.1) is 6.92 Å². The Bertz CT molecular complexity index is 1110. The molecule has 27 heavy (non-hydrogen) atoms. The topological polar surface area (TPSA) is 38.1 Å². The van der Waals surface area contributed by atoms with Crippen LogP contribution in [0.5, 0.6) is 0 Å². The fourth-order valence-electron chi connectivity index (χ4n) is 4.08. The van der Waals surface area contributed by atoms with Gasteiger partial charge in [0.15, 0.2) is 0 Å². The first-order valence-corrected chi connectivity index (χ1v) is 9.74. The lowest BCUT2D eigenvalue weighted by Gasteiger charge is -2.33. The number of rotatable bonds is 2. The largest absolute Gasteiger partial charge is 0.348 e. The molecule has 3 aromatic rings. The van der Waals surface area contributed by atoms with E-state index in [4.69, 9.17) is 11.6 Å². The number of anilines is 2. The quantitative estimate of drug-likeness (QED) is 0.625. The van der Waals surface area contributed by atoms with Crippen LogP contribution in [0.4, 0.5) is 11.5 Å². The second-order valence-corrected chi connectivity index (χ2v) is 8.59. The number of nitrogens with zero attached hydrogens (tertiary/aromatic N) is 3. The van der Waals surface area contributed by atoms with Crippen molar-refractivity contribution in [2.24, 2.45) is 0 Å². The summed E-state index contributed by atoms with van der Waals surface area (Å²) in [6.45, 7) is 2.96. The van der Waals surface area contributed by atoms with Crippen LogP contribution >= 0.6 is 11.6 Å². The molecule has 2 heterocycles. The summed E-state index contributed by atoms with van der Waals surface area (Å²) in [4.78, 5) is 19.7. The predicted molar refractivity (Wildman–Crippen MR) is 121 cm³/mol. The van der Waals surface area contributed by atoms with E-state index in [2.05, 4.69) is 35.0 Å². The summed E-state index contributed by atoms with van der Waals surface area (Å²) in [5.41, 5.74) is 4.31.